The maximum Gasteiger partial charge on any atom is 0.407 e. The summed E-state index contributed by atoms with van der Waals surface area (Å²) in [6.45, 7) is 4.16. The highest BCUT2D eigenvalue weighted by Crippen LogP contribution is 2.11. The molecule has 5 heteroatoms. The summed E-state index contributed by atoms with van der Waals surface area (Å²) in [6, 6.07) is 9.31. The van der Waals surface area contributed by atoms with Crippen molar-refractivity contribution in [3.8, 4) is 0 Å². The van der Waals surface area contributed by atoms with Gasteiger partial charge in [0.15, 0.2) is 0 Å². The van der Waals surface area contributed by atoms with E-state index in [4.69, 9.17) is 9.84 Å². The van der Waals surface area contributed by atoms with E-state index in [0.717, 1.165) is 5.56 Å². The van der Waals surface area contributed by atoms with Crippen LogP contribution in [-0.2, 0) is 16.1 Å². The molecule has 0 radical (unpaired) electrons. The van der Waals surface area contributed by atoms with E-state index < -0.39 is 18.0 Å². The largest absolute Gasteiger partial charge is 0.481 e. The van der Waals surface area contributed by atoms with Crippen LogP contribution < -0.4 is 5.32 Å². The van der Waals surface area contributed by atoms with E-state index in [-0.39, 0.29) is 19.1 Å². The van der Waals surface area contributed by atoms with Gasteiger partial charge in [-0.05, 0) is 17.9 Å². The van der Waals surface area contributed by atoms with Gasteiger partial charge < -0.3 is 15.2 Å². The number of nitrogens with one attached hydrogen (secondary N) is 1. The Morgan fingerprint density at radius 1 is 1.25 bits per heavy atom. The normalized spacial score (nSPS) is 11.9. The summed E-state index contributed by atoms with van der Waals surface area (Å²) < 4.78 is 5.02. The summed E-state index contributed by atoms with van der Waals surface area (Å²) in [6.07, 6.45) is -0.0715. The predicted octanol–water partition coefficient (Wildman–Crippen LogP) is 2.66. The molecular weight excluding hydrogens is 258 g/mol. The summed E-state index contributed by atoms with van der Waals surface area (Å²) in [5, 5.41) is 11.5. The van der Waals surface area contributed by atoms with E-state index in [1.54, 1.807) is 0 Å². The molecule has 1 aromatic rings. The number of carbonyl (C=O) groups is 2. The average molecular weight is 279 g/mol. The van der Waals surface area contributed by atoms with Crippen molar-refractivity contribution in [1.29, 1.82) is 0 Å². The molecule has 0 fully saturated rings. The SMILES string of the molecule is CC(C)C[C@@H](CNC(=O)OCc1ccccc1)C(=O)O. The summed E-state index contributed by atoms with van der Waals surface area (Å²) in [5.74, 6) is -1.22. The highest BCUT2D eigenvalue weighted by molar-refractivity contribution is 5.72. The first-order valence-corrected chi connectivity index (χ1v) is 6.66. The fourth-order valence-corrected chi connectivity index (χ4v) is 1.82. The first-order valence-electron chi connectivity index (χ1n) is 6.66. The van der Waals surface area contributed by atoms with Crippen molar-refractivity contribution in [3.63, 3.8) is 0 Å². The number of carboxylic acids is 1. The highest BCUT2D eigenvalue weighted by atomic mass is 16.5. The minimum atomic E-state index is -0.901. The standard InChI is InChI=1S/C15H21NO4/c1-11(2)8-13(14(17)18)9-16-15(19)20-10-12-6-4-3-5-7-12/h3-7,11,13H,8-10H2,1-2H3,(H,16,19)(H,17,18)/t13-/m0/s1. The van der Waals surface area contributed by atoms with Crippen molar-refractivity contribution in [2.45, 2.75) is 26.9 Å². The molecule has 1 aromatic carbocycles. The maximum absolute atomic E-state index is 11.5. The Hall–Kier alpha value is -2.04. The van der Waals surface area contributed by atoms with Gasteiger partial charge in [0, 0.05) is 6.54 Å². The van der Waals surface area contributed by atoms with E-state index in [1.165, 1.54) is 0 Å². The van der Waals surface area contributed by atoms with Gasteiger partial charge in [0.05, 0.1) is 5.92 Å². The second-order valence-electron chi connectivity index (χ2n) is 5.11. The number of rotatable bonds is 7. The average Bonchev–Trinajstić information content (AvgIpc) is 2.41. The van der Waals surface area contributed by atoms with Crippen molar-refractivity contribution in [3.05, 3.63) is 35.9 Å². The Morgan fingerprint density at radius 2 is 1.90 bits per heavy atom. The van der Waals surface area contributed by atoms with Crippen LogP contribution in [0.4, 0.5) is 4.79 Å². The third kappa shape index (κ3) is 6.22. The number of amides is 1. The van der Waals surface area contributed by atoms with E-state index >= 15 is 0 Å². The first-order chi connectivity index (χ1) is 9.49. The van der Waals surface area contributed by atoms with Crippen molar-refractivity contribution in [2.24, 2.45) is 11.8 Å². The van der Waals surface area contributed by atoms with Crippen LogP contribution in [0.15, 0.2) is 30.3 Å². The Morgan fingerprint density at radius 3 is 2.45 bits per heavy atom. The van der Waals surface area contributed by atoms with Crippen LogP contribution in [-0.4, -0.2) is 23.7 Å². The monoisotopic (exact) mass is 279 g/mol. The molecule has 20 heavy (non-hydrogen) atoms. The highest BCUT2D eigenvalue weighted by Gasteiger charge is 2.19. The molecule has 0 aliphatic rings. The minimum Gasteiger partial charge on any atom is -0.481 e. The van der Waals surface area contributed by atoms with Crippen LogP contribution in [0, 0.1) is 11.8 Å². The topological polar surface area (TPSA) is 75.6 Å². The van der Waals surface area contributed by atoms with Gasteiger partial charge >= 0.3 is 12.1 Å². The number of hydrogen-bond acceptors (Lipinski definition) is 3. The zero-order valence-electron chi connectivity index (χ0n) is 11.8. The zero-order valence-corrected chi connectivity index (χ0v) is 11.8. The zero-order chi connectivity index (χ0) is 15.0. The Bertz CT molecular complexity index is 431. The summed E-state index contributed by atoms with van der Waals surface area (Å²) in [4.78, 5) is 22.5. The third-order valence-corrected chi connectivity index (χ3v) is 2.81. The molecule has 1 atom stereocenters. The van der Waals surface area contributed by atoms with Crippen molar-refractivity contribution < 1.29 is 19.4 Å². The van der Waals surface area contributed by atoms with Gasteiger partial charge in [0.25, 0.3) is 0 Å². The smallest absolute Gasteiger partial charge is 0.407 e. The van der Waals surface area contributed by atoms with Gasteiger partial charge in [-0.25, -0.2) is 4.79 Å². The second kappa shape index (κ2) is 8.19. The lowest BCUT2D eigenvalue weighted by atomic mass is 9.97. The van der Waals surface area contributed by atoms with E-state index in [0.29, 0.717) is 6.42 Å². The fourth-order valence-electron chi connectivity index (χ4n) is 1.82. The molecular formula is C15H21NO4. The summed E-state index contributed by atoms with van der Waals surface area (Å²) in [5.41, 5.74) is 0.889. The number of carboxylic acid groups (broad SMARTS) is 1. The van der Waals surface area contributed by atoms with Gasteiger partial charge in [-0.15, -0.1) is 0 Å². The number of ether oxygens (including phenoxy) is 1. The Balaban J connectivity index is 2.32. The summed E-state index contributed by atoms with van der Waals surface area (Å²) in [7, 11) is 0. The van der Waals surface area contributed by atoms with E-state index in [1.807, 2.05) is 44.2 Å². The van der Waals surface area contributed by atoms with E-state index in [2.05, 4.69) is 5.32 Å². The molecule has 1 amide bonds. The minimum absolute atomic E-state index is 0.0845. The van der Waals surface area contributed by atoms with Crippen LogP contribution in [0.1, 0.15) is 25.8 Å². The quantitative estimate of drug-likeness (QED) is 0.804. The van der Waals surface area contributed by atoms with Crippen LogP contribution in [0.5, 0.6) is 0 Å². The van der Waals surface area contributed by atoms with Crippen LogP contribution >= 0.6 is 0 Å². The first kappa shape index (κ1) is 16.0. The lowest BCUT2D eigenvalue weighted by Crippen LogP contribution is -2.34. The molecule has 0 saturated heterocycles. The molecule has 1 rings (SSSR count). The van der Waals surface area contributed by atoms with Gasteiger partial charge in [-0.3, -0.25) is 4.79 Å². The molecule has 0 unspecified atom stereocenters. The number of hydrogen-bond donors (Lipinski definition) is 2. The van der Waals surface area contributed by atoms with Crippen molar-refractivity contribution in [2.75, 3.05) is 6.54 Å². The number of benzene rings is 1. The van der Waals surface area contributed by atoms with Crippen LogP contribution in [0.2, 0.25) is 0 Å². The molecule has 0 aromatic heterocycles. The molecule has 5 nitrogen and oxygen atoms in total. The van der Waals surface area contributed by atoms with Crippen molar-refractivity contribution >= 4 is 12.1 Å². The molecule has 0 saturated carbocycles. The van der Waals surface area contributed by atoms with Crippen molar-refractivity contribution in [1.82, 2.24) is 5.32 Å². The lowest BCUT2D eigenvalue weighted by molar-refractivity contribution is -0.142. The molecule has 0 spiro atoms. The number of carbonyl (C=O) groups excluding carboxylic acids is 1. The predicted molar refractivity (Wildman–Crippen MR) is 75.2 cm³/mol. The molecule has 2 N–H and O–H groups in total. The Kier molecular flexibility index (Phi) is 6.56. The van der Waals surface area contributed by atoms with Gasteiger partial charge in [0.2, 0.25) is 0 Å². The van der Waals surface area contributed by atoms with Gasteiger partial charge in [-0.2, -0.15) is 0 Å². The number of alkyl carbamates (subject to hydrolysis) is 1. The molecule has 110 valence electrons. The molecule has 0 bridgehead atoms. The molecule has 0 aliphatic carbocycles. The maximum atomic E-state index is 11.5. The summed E-state index contributed by atoms with van der Waals surface area (Å²) >= 11 is 0. The van der Waals surface area contributed by atoms with E-state index in [9.17, 15) is 9.59 Å². The number of aliphatic carboxylic acids is 1. The lowest BCUT2D eigenvalue weighted by Gasteiger charge is -2.15. The third-order valence-electron chi connectivity index (χ3n) is 2.81. The van der Waals surface area contributed by atoms with Gasteiger partial charge in [-0.1, -0.05) is 44.2 Å². The fraction of sp³-hybridized carbons (Fsp3) is 0.467. The van der Waals surface area contributed by atoms with Gasteiger partial charge in [0.1, 0.15) is 6.61 Å². The molecule has 0 aliphatic heterocycles. The van der Waals surface area contributed by atoms with Crippen LogP contribution in [0.3, 0.4) is 0 Å². The van der Waals surface area contributed by atoms with Crippen LogP contribution in [0.25, 0.3) is 0 Å². The molecule has 0 heterocycles. The Labute approximate surface area is 118 Å². The second-order valence-corrected chi connectivity index (χ2v) is 5.11.